The molecule has 0 aliphatic carbocycles. The van der Waals surface area contributed by atoms with Gasteiger partial charge in [-0.15, -0.1) is 0 Å². The van der Waals surface area contributed by atoms with Gasteiger partial charge in [-0.05, 0) is 24.7 Å². The van der Waals surface area contributed by atoms with Gasteiger partial charge in [0.15, 0.2) is 0 Å². The SMILES string of the molecule is CN1CCN(NCc2ccc(F)c(N3CCOCC3)c2)CC1. The molecule has 2 aliphatic heterocycles. The highest BCUT2D eigenvalue weighted by Gasteiger charge is 2.16. The Bertz CT molecular complexity index is 485. The van der Waals surface area contributed by atoms with Crippen molar-refractivity contribution in [1.29, 1.82) is 0 Å². The van der Waals surface area contributed by atoms with E-state index in [1.807, 2.05) is 12.1 Å². The van der Waals surface area contributed by atoms with Gasteiger partial charge in [-0.25, -0.2) is 9.40 Å². The molecule has 0 unspecified atom stereocenters. The first-order chi connectivity index (χ1) is 10.7. The maximum Gasteiger partial charge on any atom is 0.146 e. The number of nitrogens with one attached hydrogen (secondary N) is 1. The first kappa shape index (κ1) is 15.7. The van der Waals surface area contributed by atoms with Crippen LogP contribution in [0.5, 0.6) is 0 Å². The van der Waals surface area contributed by atoms with Crippen LogP contribution in [-0.2, 0) is 11.3 Å². The Labute approximate surface area is 131 Å². The number of hydrazine groups is 1. The van der Waals surface area contributed by atoms with Crippen LogP contribution in [0.2, 0.25) is 0 Å². The number of rotatable bonds is 4. The van der Waals surface area contributed by atoms with Crippen LogP contribution in [0.1, 0.15) is 5.56 Å². The highest BCUT2D eigenvalue weighted by Crippen LogP contribution is 2.22. The van der Waals surface area contributed by atoms with Crippen LogP contribution < -0.4 is 10.3 Å². The molecular weight excluding hydrogens is 283 g/mol. The van der Waals surface area contributed by atoms with Gasteiger partial charge in [-0.3, -0.25) is 5.43 Å². The molecule has 0 spiro atoms. The molecule has 1 N–H and O–H groups in total. The van der Waals surface area contributed by atoms with Crippen molar-refractivity contribution >= 4 is 5.69 Å². The molecule has 1 aromatic rings. The highest BCUT2D eigenvalue weighted by atomic mass is 19.1. The lowest BCUT2D eigenvalue weighted by atomic mass is 10.1. The Hall–Kier alpha value is -1.21. The lowest BCUT2D eigenvalue weighted by molar-refractivity contribution is 0.102. The quantitative estimate of drug-likeness (QED) is 0.894. The number of hydrogen-bond donors (Lipinski definition) is 1. The van der Waals surface area contributed by atoms with Gasteiger partial charge in [0, 0.05) is 45.8 Å². The number of likely N-dealkylation sites (N-methyl/N-ethyl adjacent to an activating group) is 1. The van der Waals surface area contributed by atoms with Crippen molar-refractivity contribution in [1.82, 2.24) is 15.3 Å². The normalized spacial score (nSPS) is 21.3. The average molecular weight is 308 g/mol. The summed E-state index contributed by atoms with van der Waals surface area (Å²) >= 11 is 0. The third-order valence-corrected chi connectivity index (χ3v) is 4.37. The van der Waals surface area contributed by atoms with Gasteiger partial charge in [0.25, 0.3) is 0 Å². The van der Waals surface area contributed by atoms with Gasteiger partial charge in [0.1, 0.15) is 5.82 Å². The first-order valence-electron chi connectivity index (χ1n) is 8.00. The summed E-state index contributed by atoms with van der Waals surface area (Å²) in [5, 5.41) is 2.25. The summed E-state index contributed by atoms with van der Waals surface area (Å²) in [6, 6.07) is 5.40. The number of benzene rings is 1. The summed E-state index contributed by atoms with van der Waals surface area (Å²) in [6.07, 6.45) is 0. The molecule has 2 fully saturated rings. The van der Waals surface area contributed by atoms with Crippen molar-refractivity contribution in [2.75, 3.05) is 64.4 Å². The highest BCUT2D eigenvalue weighted by molar-refractivity contribution is 5.50. The van der Waals surface area contributed by atoms with E-state index in [-0.39, 0.29) is 5.82 Å². The van der Waals surface area contributed by atoms with E-state index in [4.69, 9.17) is 4.74 Å². The van der Waals surface area contributed by atoms with Gasteiger partial charge in [0.05, 0.1) is 18.9 Å². The summed E-state index contributed by atoms with van der Waals surface area (Å²) in [7, 11) is 2.14. The molecule has 0 radical (unpaired) electrons. The summed E-state index contributed by atoms with van der Waals surface area (Å²) < 4.78 is 19.4. The van der Waals surface area contributed by atoms with Gasteiger partial charge in [0.2, 0.25) is 0 Å². The van der Waals surface area contributed by atoms with Crippen molar-refractivity contribution in [3.8, 4) is 0 Å². The van der Waals surface area contributed by atoms with E-state index in [0.717, 1.165) is 51.4 Å². The van der Waals surface area contributed by atoms with E-state index in [9.17, 15) is 4.39 Å². The molecule has 3 rings (SSSR count). The minimum atomic E-state index is -0.148. The number of anilines is 1. The number of piperazine rings is 1. The molecule has 122 valence electrons. The van der Waals surface area contributed by atoms with E-state index in [0.29, 0.717) is 18.9 Å². The Morgan fingerprint density at radius 2 is 1.82 bits per heavy atom. The van der Waals surface area contributed by atoms with E-state index in [2.05, 4.69) is 27.3 Å². The molecule has 0 amide bonds. The van der Waals surface area contributed by atoms with Crippen molar-refractivity contribution < 1.29 is 9.13 Å². The number of halogens is 1. The lowest BCUT2D eigenvalue weighted by Gasteiger charge is -2.33. The third kappa shape index (κ3) is 3.95. The van der Waals surface area contributed by atoms with Crippen molar-refractivity contribution in [3.05, 3.63) is 29.6 Å². The molecule has 5 nitrogen and oxygen atoms in total. The zero-order valence-corrected chi connectivity index (χ0v) is 13.2. The molecule has 0 saturated carbocycles. The van der Waals surface area contributed by atoms with E-state index < -0.39 is 0 Å². The molecule has 0 aromatic heterocycles. The fourth-order valence-electron chi connectivity index (χ4n) is 2.88. The van der Waals surface area contributed by atoms with Crippen LogP contribution in [0.25, 0.3) is 0 Å². The molecule has 2 saturated heterocycles. The predicted octanol–water partition coefficient (Wildman–Crippen LogP) is 0.914. The van der Waals surface area contributed by atoms with Gasteiger partial charge in [-0.1, -0.05) is 6.07 Å². The summed E-state index contributed by atoms with van der Waals surface area (Å²) in [5.74, 6) is -0.148. The second-order valence-electron chi connectivity index (χ2n) is 6.01. The summed E-state index contributed by atoms with van der Waals surface area (Å²) in [4.78, 5) is 4.39. The molecule has 1 aromatic carbocycles. The Balaban J connectivity index is 1.59. The fraction of sp³-hybridized carbons (Fsp3) is 0.625. The maximum absolute atomic E-state index is 14.1. The molecule has 2 aliphatic rings. The van der Waals surface area contributed by atoms with E-state index >= 15 is 0 Å². The zero-order chi connectivity index (χ0) is 15.4. The number of nitrogens with zero attached hydrogens (tertiary/aromatic N) is 3. The minimum absolute atomic E-state index is 0.148. The van der Waals surface area contributed by atoms with Crippen LogP contribution in [0.4, 0.5) is 10.1 Å². The second kappa shape index (κ2) is 7.37. The van der Waals surface area contributed by atoms with Crippen molar-refractivity contribution in [2.45, 2.75) is 6.54 Å². The van der Waals surface area contributed by atoms with Crippen molar-refractivity contribution in [3.63, 3.8) is 0 Å². The smallest absolute Gasteiger partial charge is 0.146 e. The second-order valence-corrected chi connectivity index (χ2v) is 6.01. The van der Waals surface area contributed by atoms with E-state index in [1.165, 1.54) is 0 Å². The lowest BCUT2D eigenvalue weighted by Crippen LogP contribution is -2.50. The van der Waals surface area contributed by atoms with Crippen LogP contribution in [-0.4, -0.2) is 69.4 Å². The van der Waals surface area contributed by atoms with Crippen LogP contribution in [0, 0.1) is 5.82 Å². The molecule has 0 bridgehead atoms. The standard InChI is InChI=1S/C16H25FN4O/c1-19-4-6-21(7-5-19)18-13-14-2-3-15(17)16(12-14)20-8-10-22-11-9-20/h2-3,12,18H,4-11,13H2,1H3. The third-order valence-electron chi connectivity index (χ3n) is 4.37. The van der Waals surface area contributed by atoms with Crippen LogP contribution >= 0.6 is 0 Å². The van der Waals surface area contributed by atoms with Crippen LogP contribution in [0.3, 0.4) is 0 Å². The van der Waals surface area contributed by atoms with Gasteiger partial charge >= 0.3 is 0 Å². The Kier molecular flexibility index (Phi) is 5.25. The monoisotopic (exact) mass is 308 g/mol. The van der Waals surface area contributed by atoms with Gasteiger partial charge < -0.3 is 14.5 Å². The molecule has 0 atom stereocenters. The fourth-order valence-corrected chi connectivity index (χ4v) is 2.88. The first-order valence-corrected chi connectivity index (χ1v) is 8.00. The Morgan fingerprint density at radius 1 is 1.09 bits per heavy atom. The van der Waals surface area contributed by atoms with E-state index in [1.54, 1.807) is 6.07 Å². The summed E-state index contributed by atoms with van der Waals surface area (Å²) in [6.45, 7) is 7.79. The Morgan fingerprint density at radius 3 is 2.55 bits per heavy atom. The molecule has 22 heavy (non-hydrogen) atoms. The topological polar surface area (TPSA) is 31.0 Å². The zero-order valence-electron chi connectivity index (χ0n) is 13.2. The average Bonchev–Trinajstić information content (AvgIpc) is 2.56. The molecule has 2 heterocycles. The van der Waals surface area contributed by atoms with Crippen LogP contribution in [0.15, 0.2) is 18.2 Å². The number of hydrogen-bond acceptors (Lipinski definition) is 5. The summed E-state index contributed by atoms with van der Waals surface area (Å²) in [5.41, 5.74) is 5.26. The van der Waals surface area contributed by atoms with Crippen molar-refractivity contribution in [2.24, 2.45) is 0 Å². The van der Waals surface area contributed by atoms with Gasteiger partial charge in [-0.2, -0.15) is 0 Å². The molecule has 6 heteroatoms. The number of ether oxygens (including phenoxy) is 1. The molecular formula is C16H25FN4O. The minimum Gasteiger partial charge on any atom is -0.378 e. The predicted molar refractivity (Wildman–Crippen MR) is 85.3 cm³/mol. The largest absolute Gasteiger partial charge is 0.378 e. The maximum atomic E-state index is 14.1. The number of morpholine rings is 1.